The van der Waals surface area contributed by atoms with Crippen molar-refractivity contribution >= 4 is 17.4 Å². The van der Waals surface area contributed by atoms with Crippen LogP contribution in [0.1, 0.15) is 0 Å². The van der Waals surface area contributed by atoms with Gasteiger partial charge in [-0.3, -0.25) is 0 Å². The average molecular weight is 399 g/mol. The van der Waals surface area contributed by atoms with Crippen LogP contribution in [0.3, 0.4) is 0 Å². The summed E-state index contributed by atoms with van der Waals surface area (Å²) in [6, 6.07) is 15.9. The Balaban J connectivity index is 1.37. The molecule has 1 aliphatic heterocycles. The third kappa shape index (κ3) is 5.70. The zero-order chi connectivity index (χ0) is 20.6. The summed E-state index contributed by atoms with van der Waals surface area (Å²) in [6.45, 7) is 3.97. The lowest BCUT2D eigenvalue weighted by molar-refractivity contribution is 0.191. The Morgan fingerprint density at radius 3 is 2.17 bits per heavy atom. The Labute approximate surface area is 172 Å². The minimum Gasteiger partial charge on any atom is -0.497 e. The van der Waals surface area contributed by atoms with Crippen molar-refractivity contribution in [1.29, 1.82) is 0 Å². The molecule has 2 amide bonds. The van der Waals surface area contributed by atoms with E-state index in [1.165, 1.54) is 11.4 Å². The first kappa shape index (κ1) is 20.6. The van der Waals surface area contributed by atoms with Crippen LogP contribution in [0.25, 0.3) is 0 Å². The van der Waals surface area contributed by atoms with E-state index in [0.29, 0.717) is 26.2 Å². The van der Waals surface area contributed by atoms with Crippen molar-refractivity contribution in [2.45, 2.75) is 0 Å². The van der Waals surface area contributed by atoms with Crippen LogP contribution < -0.4 is 24.6 Å². The number of hydrogen-bond donors (Lipinski definition) is 1. The van der Waals surface area contributed by atoms with Crippen molar-refractivity contribution in [2.24, 2.45) is 0 Å². The molecule has 7 heteroatoms. The summed E-state index contributed by atoms with van der Waals surface area (Å²) in [5.41, 5.74) is 2.38. The molecule has 1 saturated heterocycles. The quantitative estimate of drug-likeness (QED) is 0.727. The molecule has 3 rings (SSSR count). The first-order valence-electron chi connectivity index (χ1n) is 9.89. The zero-order valence-electron chi connectivity index (χ0n) is 17.4. The number of hydrogen-bond acceptors (Lipinski definition) is 5. The molecule has 0 atom stereocenters. The van der Waals surface area contributed by atoms with Crippen molar-refractivity contribution in [3.8, 4) is 11.5 Å². The van der Waals surface area contributed by atoms with Gasteiger partial charge in [0.25, 0.3) is 0 Å². The van der Waals surface area contributed by atoms with Gasteiger partial charge in [0.2, 0.25) is 0 Å². The molecule has 0 radical (unpaired) electrons. The molecular formula is C22H30N4O3. The highest BCUT2D eigenvalue weighted by Crippen LogP contribution is 2.21. The minimum absolute atomic E-state index is 0.0362. The number of anilines is 2. The maximum atomic E-state index is 12.4. The van der Waals surface area contributed by atoms with Gasteiger partial charge in [0.05, 0.1) is 13.7 Å². The number of carbonyl (C=O) groups is 1. The number of amides is 2. The summed E-state index contributed by atoms with van der Waals surface area (Å²) in [4.78, 5) is 18.6. The third-order valence-electron chi connectivity index (χ3n) is 5.00. The van der Waals surface area contributed by atoms with E-state index in [1.54, 1.807) is 7.11 Å². The Kier molecular flexibility index (Phi) is 7.05. The average Bonchev–Trinajstić information content (AvgIpc) is 2.77. The summed E-state index contributed by atoms with van der Waals surface area (Å²) in [5, 5.41) is 2.93. The van der Waals surface area contributed by atoms with E-state index in [2.05, 4.69) is 39.4 Å². The number of piperazine rings is 1. The van der Waals surface area contributed by atoms with Crippen molar-refractivity contribution in [2.75, 3.05) is 70.3 Å². The summed E-state index contributed by atoms with van der Waals surface area (Å²) in [7, 11) is 5.70. The third-order valence-corrected chi connectivity index (χ3v) is 5.00. The van der Waals surface area contributed by atoms with Gasteiger partial charge in [0.1, 0.15) is 18.1 Å². The van der Waals surface area contributed by atoms with Crippen molar-refractivity contribution in [3.05, 3.63) is 48.5 Å². The molecule has 0 unspecified atom stereocenters. The second kappa shape index (κ2) is 9.91. The van der Waals surface area contributed by atoms with E-state index in [0.717, 1.165) is 24.6 Å². The second-order valence-corrected chi connectivity index (χ2v) is 7.14. The Bertz CT molecular complexity index is 770. The van der Waals surface area contributed by atoms with Crippen molar-refractivity contribution in [1.82, 2.24) is 10.2 Å². The van der Waals surface area contributed by atoms with Gasteiger partial charge >= 0.3 is 6.03 Å². The Morgan fingerprint density at radius 2 is 1.59 bits per heavy atom. The molecule has 29 heavy (non-hydrogen) atoms. The second-order valence-electron chi connectivity index (χ2n) is 7.14. The number of urea groups is 1. The molecule has 0 bridgehead atoms. The number of carbonyl (C=O) groups excluding carboxylic acids is 1. The highest BCUT2D eigenvalue weighted by molar-refractivity contribution is 5.74. The number of methoxy groups -OCH3 is 1. The molecule has 2 aromatic carbocycles. The molecular weight excluding hydrogens is 368 g/mol. The van der Waals surface area contributed by atoms with Gasteiger partial charge < -0.3 is 29.5 Å². The maximum absolute atomic E-state index is 12.4. The van der Waals surface area contributed by atoms with E-state index in [1.807, 2.05) is 43.3 Å². The number of ether oxygens (including phenoxy) is 2. The van der Waals surface area contributed by atoms with Crippen LogP contribution in [0, 0.1) is 0 Å². The normalized spacial score (nSPS) is 13.8. The predicted octanol–water partition coefficient (Wildman–Crippen LogP) is 2.67. The summed E-state index contributed by atoms with van der Waals surface area (Å²) in [5.74, 6) is 1.55. The minimum atomic E-state index is -0.0362. The van der Waals surface area contributed by atoms with Gasteiger partial charge in [0.15, 0.2) is 0 Å². The topological polar surface area (TPSA) is 57.3 Å². The van der Waals surface area contributed by atoms with Gasteiger partial charge in [0, 0.05) is 51.6 Å². The van der Waals surface area contributed by atoms with Crippen LogP contribution in [-0.2, 0) is 0 Å². The van der Waals surface area contributed by atoms with E-state index in [4.69, 9.17) is 9.47 Å². The predicted molar refractivity (Wildman–Crippen MR) is 116 cm³/mol. The molecule has 1 aliphatic rings. The largest absolute Gasteiger partial charge is 0.497 e. The number of nitrogens with one attached hydrogen (secondary N) is 1. The SMILES string of the molecule is COc1ccc(OCCNC(=O)N2CCN(c3ccc(N(C)C)cc3)CC2)cc1. The van der Waals surface area contributed by atoms with Crippen LogP contribution >= 0.6 is 0 Å². The fourth-order valence-corrected chi connectivity index (χ4v) is 3.24. The highest BCUT2D eigenvalue weighted by Gasteiger charge is 2.21. The molecule has 2 aromatic rings. The van der Waals surface area contributed by atoms with Crippen LogP contribution in [0.15, 0.2) is 48.5 Å². The van der Waals surface area contributed by atoms with Gasteiger partial charge in [-0.25, -0.2) is 4.79 Å². The van der Waals surface area contributed by atoms with Crippen LogP contribution in [0.4, 0.5) is 16.2 Å². The van der Waals surface area contributed by atoms with Gasteiger partial charge in [-0.15, -0.1) is 0 Å². The molecule has 0 spiro atoms. The van der Waals surface area contributed by atoms with Gasteiger partial charge in [-0.05, 0) is 48.5 Å². The fourth-order valence-electron chi connectivity index (χ4n) is 3.24. The first-order valence-corrected chi connectivity index (χ1v) is 9.89. The number of benzene rings is 2. The lowest BCUT2D eigenvalue weighted by Gasteiger charge is -2.36. The van der Waals surface area contributed by atoms with Crippen LogP contribution in [0.2, 0.25) is 0 Å². The summed E-state index contributed by atoms with van der Waals surface area (Å²) in [6.07, 6.45) is 0. The zero-order valence-corrected chi connectivity index (χ0v) is 17.4. The van der Waals surface area contributed by atoms with E-state index in [-0.39, 0.29) is 6.03 Å². The molecule has 1 fully saturated rings. The Hall–Kier alpha value is -3.09. The summed E-state index contributed by atoms with van der Waals surface area (Å²) < 4.78 is 10.8. The van der Waals surface area contributed by atoms with Crippen LogP contribution in [-0.4, -0.2) is 71.5 Å². The molecule has 0 aromatic heterocycles. The molecule has 0 aliphatic carbocycles. The lowest BCUT2D eigenvalue weighted by atomic mass is 10.2. The van der Waals surface area contributed by atoms with Crippen molar-refractivity contribution in [3.63, 3.8) is 0 Å². The molecule has 0 saturated carbocycles. The summed E-state index contributed by atoms with van der Waals surface area (Å²) >= 11 is 0. The highest BCUT2D eigenvalue weighted by atomic mass is 16.5. The van der Waals surface area contributed by atoms with Gasteiger partial charge in [-0.2, -0.15) is 0 Å². The fraction of sp³-hybridized carbons (Fsp3) is 0.409. The molecule has 1 N–H and O–H groups in total. The van der Waals surface area contributed by atoms with E-state index >= 15 is 0 Å². The molecule has 1 heterocycles. The van der Waals surface area contributed by atoms with Crippen molar-refractivity contribution < 1.29 is 14.3 Å². The number of nitrogens with zero attached hydrogens (tertiary/aromatic N) is 3. The standard InChI is InChI=1S/C22H30N4O3/c1-24(2)18-4-6-19(7-5-18)25-13-15-26(16-14-25)22(27)23-12-17-29-21-10-8-20(28-3)9-11-21/h4-11H,12-17H2,1-3H3,(H,23,27). The number of rotatable bonds is 7. The monoisotopic (exact) mass is 398 g/mol. The first-order chi connectivity index (χ1) is 14.1. The lowest BCUT2D eigenvalue weighted by Crippen LogP contribution is -2.52. The Morgan fingerprint density at radius 1 is 0.966 bits per heavy atom. The maximum Gasteiger partial charge on any atom is 0.317 e. The van der Waals surface area contributed by atoms with Gasteiger partial charge in [-0.1, -0.05) is 0 Å². The van der Waals surface area contributed by atoms with E-state index in [9.17, 15) is 4.79 Å². The van der Waals surface area contributed by atoms with Crippen LogP contribution in [0.5, 0.6) is 11.5 Å². The molecule has 156 valence electrons. The molecule has 7 nitrogen and oxygen atoms in total. The van der Waals surface area contributed by atoms with E-state index < -0.39 is 0 Å². The smallest absolute Gasteiger partial charge is 0.317 e.